The van der Waals surface area contributed by atoms with E-state index < -0.39 is 6.17 Å². The van der Waals surface area contributed by atoms with Crippen LogP contribution in [0.1, 0.15) is 64.7 Å². The molecule has 1 saturated heterocycles. The van der Waals surface area contributed by atoms with Crippen LogP contribution >= 0.6 is 11.8 Å². The number of alkyl halides is 1. The summed E-state index contributed by atoms with van der Waals surface area (Å²) in [5, 5.41) is 10.3. The summed E-state index contributed by atoms with van der Waals surface area (Å²) in [6.07, 6.45) is 7.59. The number of fused-ring (bicyclic) bond motifs is 3. The maximum absolute atomic E-state index is 13.8. The summed E-state index contributed by atoms with van der Waals surface area (Å²) in [7, 11) is 0. The highest BCUT2D eigenvalue weighted by molar-refractivity contribution is 8.00. The first-order valence-electron chi connectivity index (χ1n) is 10.6. The number of rotatable bonds is 3. The Labute approximate surface area is 165 Å². The van der Waals surface area contributed by atoms with E-state index in [1.165, 1.54) is 6.92 Å². The van der Waals surface area contributed by atoms with Crippen molar-refractivity contribution in [2.24, 2.45) is 17.8 Å². The van der Waals surface area contributed by atoms with E-state index in [1.807, 2.05) is 11.8 Å². The van der Waals surface area contributed by atoms with Crippen molar-refractivity contribution >= 4 is 23.6 Å². The SMILES string of the molecule is CC(=O)N[C@H]1CCC[C@@H](C(=O)NC2NC3CCC4CC(F)CCC4C3S2)C1. The van der Waals surface area contributed by atoms with Crippen molar-refractivity contribution < 1.29 is 14.0 Å². The van der Waals surface area contributed by atoms with Crippen molar-refractivity contribution in [2.75, 3.05) is 0 Å². The second kappa shape index (κ2) is 8.27. The Hall–Kier alpha value is -0.820. The van der Waals surface area contributed by atoms with E-state index >= 15 is 0 Å². The number of thioether (sulfide) groups is 1. The fourth-order valence-electron chi connectivity index (χ4n) is 5.78. The summed E-state index contributed by atoms with van der Waals surface area (Å²) in [5.41, 5.74) is -0.0320. The molecule has 0 aromatic carbocycles. The Balaban J connectivity index is 1.30. The van der Waals surface area contributed by atoms with Crippen molar-refractivity contribution in [1.82, 2.24) is 16.0 Å². The van der Waals surface area contributed by atoms with Crippen LogP contribution in [0.4, 0.5) is 4.39 Å². The van der Waals surface area contributed by atoms with E-state index in [1.54, 1.807) is 0 Å². The summed E-state index contributed by atoms with van der Waals surface area (Å²) in [6, 6.07) is 0.562. The number of carbonyl (C=O) groups excluding carboxylic acids is 2. The molecular formula is C20H32FN3O2S. The second-order valence-electron chi connectivity index (χ2n) is 8.94. The highest BCUT2D eigenvalue weighted by atomic mass is 32.2. The first kappa shape index (κ1) is 19.5. The molecule has 3 N–H and O–H groups in total. The van der Waals surface area contributed by atoms with Crippen molar-refractivity contribution in [3.8, 4) is 0 Å². The third kappa shape index (κ3) is 4.44. The van der Waals surface area contributed by atoms with Crippen LogP contribution in [0, 0.1) is 17.8 Å². The van der Waals surface area contributed by atoms with Crippen LogP contribution in [0.3, 0.4) is 0 Å². The molecule has 1 heterocycles. The minimum Gasteiger partial charge on any atom is -0.354 e. The molecule has 0 spiro atoms. The quantitative estimate of drug-likeness (QED) is 0.685. The summed E-state index contributed by atoms with van der Waals surface area (Å²) in [4.78, 5) is 24.1. The first-order valence-corrected chi connectivity index (χ1v) is 11.6. The van der Waals surface area contributed by atoms with Gasteiger partial charge in [0, 0.05) is 30.2 Å². The maximum Gasteiger partial charge on any atom is 0.225 e. The van der Waals surface area contributed by atoms with E-state index in [2.05, 4.69) is 16.0 Å². The lowest BCUT2D eigenvalue weighted by Gasteiger charge is -2.42. The maximum atomic E-state index is 13.8. The smallest absolute Gasteiger partial charge is 0.225 e. The van der Waals surface area contributed by atoms with Crippen LogP contribution in [-0.4, -0.2) is 40.8 Å². The van der Waals surface area contributed by atoms with Crippen LogP contribution in [0.2, 0.25) is 0 Å². The average molecular weight is 398 g/mol. The number of amides is 2. The summed E-state index contributed by atoms with van der Waals surface area (Å²) < 4.78 is 13.8. The molecule has 4 aliphatic rings. The molecule has 4 fully saturated rings. The van der Waals surface area contributed by atoms with Gasteiger partial charge in [-0.05, 0) is 63.2 Å². The van der Waals surface area contributed by atoms with Gasteiger partial charge in [0.15, 0.2) is 0 Å². The molecule has 152 valence electrons. The zero-order valence-corrected chi connectivity index (χ0v) is 16.9. The van der Waals surface area contributed by atoms with Gasteiger partial charge in [0.2, 0.25) is 11.8 Å². The lowest BCUT2D eigenvalue weighted by atomic mass is 9.68. The molecule has 0 radical (unpaired) electrons. The molecule has 1 aliphatic heterocycles. The highest BCUT2D eigenvalue weighted by Crippen LogP contribution is 2.49. The van der Waals surface area contributed by atoms with Gasteiger partial charge in [-0.3, -0.25) is 14.9 Å². The molecule has 6 unspecified atom stereocenters. The van der Waals surface area contributed by atoms with Gasteiger partial charge in [-0.2, -0.15) is 0 Å². The van der Waals surface area contributed by atoms with Gasteiger partial charge >= 0.3 is 0 Å². The number of carbonyl (C=O) groups is 2. The Morgan fingerprint density at radius 2 is 1.89 bits per heavy atom. The monoisotopic (exact) mass is 397 g/mol. The standard InChI is InChI=1S/C20H32FN3O2S/c1-11(25)22-15-4-2-3-13(10-15)19(26)24-20-23-17-8-5-12-9-14(21)6-7-16(12)18(17)27-20/h12-18,20,23H,2-10H2,1H3,(H,22,25)(H,24,26)/t12?,13-,14?,15+,16?,17?,18?,20?/m1/s1. The lowest BCUT2D eigenvalue weighted by Crippen LogP contribution is -2.49. The predicted molar refractivity (Wildman–Crippen MR) is 105 cm³/mol. The van der Waals surface area contributed by atoms with Crippen molar-refractivity contribution in [1.29, 1.82) is 0 Å². The van der Waals surface area contributed by atoms with E-state index in [0.29, 0.717) is 29.5 Å². The Morgan fingerprint density at radius 1 is 1.04 bits per heavy atom. The highest BCUT2D eigenvalue weighted by Gasteiger charge is 2.48. The van der Waals surface area contributed by atoms with Crippen molar-refractivity contribution in [2.45, 2.75) is 93.7 Å². The Morgan fingerprint density at radius 3 is 2.70 bits per heavy atom. The molecule has 5 nitrogen and oxygen atoms in total. The minimum atomic E-state index is -0.611. The summed E-state index contributed by atoms with van der Waals surface area (Å²) in [6.45, 7) is 1.54. The van der Waals surface area contributed by atoms with Crippen LogP contribution in [-0.2, 0) is 9.59 Å². The molecule has 3 aliphatic carbocycles. The third-order valence-electron chi connectivity index (χ3n) is 7.03. The van der Waals surface area contributed by atoms with Gasteiger partial charge in [0.1, 0.15) is 11.7 Å². The van der Waals surface area contributed by atoms with Crippen LogP contribution in [0.15, 0.2) is 0 Å². The van der Waals surface area contributed by atoms with Crippen LogP contribution < -0.4 is 16.0 Å². The Kier molecular flexibility index (Phi) is 5.97. The molecule has 4 rings (SSSR count). The zero-order chi connectivity index (χ0) is 19.0. The van der Waals surface area contributed by atoms with Gasteiger partial charge in [-0.1, -0.05) is 6.42 Å². The summed E-state index contributed by atoms with van der Waals surface area (Å²) >= 11 is 1.85. The molecule has 0 aromatic heterocycles. The third-order valence-corrected chi connectivity index (χ3v) is 8.55. The molecular weight excluding hydrogens is 365 g/mol. The molecule has 7 heteroatoms. The number of hydrogen-bond acceptors (Lipinski definition) is 4. The predicted octanol–water partition coefficient (Wildman–Crippen LogP) is 2.70. The fourth-order valence-corrected chi connectivity index (χ4v) is 7.50. The number of nitrogens with one attached hydrogen (secondary N) is 3. The largest absolute Gasteiger partial charge is 0.354 e. The second-order valence-corrected chi connectivity index (χ2v) is 10.2. The molecule has 27 heavy (non-hydrogen) atoms. The van der Waals surface area contributed by atoms with E-state index in [-0.39, 0.29) is 29.3 Å². The van der Waals surface area contributed by atoms with Gasteiger partial charge in [-0.25, -0.2) is 4.39 Å². The van der Waals surface area contributed by atoms with Gasteiger partial charge < -0.3 is 10.6 Å². The molecule has 2 amide bonds. The molecule has 0 aromatic rings. The van der Waals surface area contributed by atoms with Gasteiger partial charge in [0.25, 0.3) is 0 Å². The number of hydrogen-bond donors (Lipinski definition) is 3. The van der Waals surface area contributed by atoms with E-state index in [4.69, 9.17) is 0 Å². The number of halogens is 1. The Bertz CT molecular complexity index is 577. The fraction of sp³-hybridized carbons (Fsp3) is 0.900. The zero-order valence-electron chi connectivity index (χ0n) is 16.1. The van der Waals surface area contributed by atoms with Gasteiger partial charge in [0.05, 0.1) is 0 Å². The van der Waals surface area contributed by atoms with Crippen molar-refractivity contribution in [3.63, 3.8) is 0 Å². The van der Waals surface area contributed by atoms with Crippen LogP contribution in [0.5, 0.6) is 0 Å². The normalized spacial score (nSPS) is 44.1. The average Bonchev–Trinajstić information content (AvgIpc) is 3.03. The lowest BCUT2D eigenvalue weighted by molar-refractivity contribution is -0.127. The molecule has 8 atom stereocenters. The minimum absolute atomic E-state index is 0.0179. The van der Waals surface area contributed by atoms with E-state index in [0.717, 1.165) is 51.4 Å². The summed E-state index contributed by atoms with van der Waals surface area (Å²) in [5.74, 6) is 1.19. The first-order chi connectivity index (χ1) is 13.0. The van der Waals surface area contributed by atoms with Gasteiger partial charge in [-0.15, -0.1) is 11.8 Å². The molecule has 3 saturated carbocycles. The van der Waals surface area contributed by atoms with Crippen LogP contribution in [0.25, 0.3) is 0 Å². The topological polar surface area (TPSA) is 70.2 Å². The van der Waals surface area contributed by atoms with Crippen molar-refractivity contribution in [3.05, 3.63) is 0 Å². The molecule has 0 bridgehead atoms. The van der Waals surface area contributed by atoms with E-state index in [9.17, 15) is 14.0 Å².